The van der Waals surface area contributed by atoms with Crippen molar-refractivity contribution in [3.05, 3.63) is 47.9 Å². The van der Waals surface area contributed by atoms with Gasteiger partial charge < -0.3 is 9.88 Å². The van der Waals surface area contributed by atoms with Crippen LogP contribution in [0.3, 0.4) is 0 Å². The fourth-order valence-corrected chi connectivity index (χ4v) is 4.24. The van der Waals surface area contributed by atoms with E-state index in [1.54, 1.807) is 18.3 Å². The second kappa shape index (κ2) is 8.39. The molecule has 4 rings (SSSR count). The number of imidazole rings is 1. The molecular weight excluding hydrogens is 411 g/mol. The first-order chi connectivity index (χ1) is 14.4. The zero-order valence-corrected chi connectivity index (χ0v) is 17.5. The molecular formula is C21H22F3N5S. The van der Waals surface area contributed by atoms with E-state index in [-0.39, 0.29) is 5.92 Å². The molecule has 1 fully saturated rings. The van der Waals surface area contributed by atoms with Crippen LogP contribution in [0.1, 0.15) is 30.1 Å². The van der Waals surface area contributed by atoms with Crippen LogP contribution in [0.5, 0.6) is 0 Å². The van der Waals surface area contributed by atoms with Crippen LogP contribution < -0.4 is 5.32 Å². The summed E-state index contributed by atoms with van der Waals surface area (Å²) in [5.74, 6) is 1.12. The molecule has 0 aliphatic carbocycles. The third-order valence-electron chi connectivity index (χ3n) is 5.36. The number of benzene rings is 1. The van der Waals surface area contributed by atoms with E-state index in [1.807, 2.05) is 17.9 Å². The summed E-state index contributed by atoms with van der Waals surface area (Å²) in [4.78, 5) is 13.7. The average Bonchev–Trinajstić information content (AvgIpc) is 3.11. The third-order valence-corrected chi connectivity index (χ3v) is 5.92. The summed E-state index contributed by atoms with van der Waals surface area (Å²) in [6.45, 7) is 1.80. The first kappa shape index (κ1) is 20.9. The van der Waals surface area contributed by atoms with Gasteiger partial charge in [-0.1, -0.05) is 23.9 Å². The largest absolute Gasteiger partial charge is 0.416 e. The Kier molecular flexibility index (Phi) is 5.84. The Balaban J connectivity index is 1.90. The minimum Gasteiger partial charge on any atom is -0.330 e. The molecule has 3 heterocycles. The number of aromatic nitrogens is 4. The highest BCUT2D eigenvalue weighted by Gasteiger charge is 2.32. The molecule has 158 valence electrons. The minimum atomic E-state index is -4.41. The molecule has 5 nitrogen and oxygen atoms in total. The van der Waals surface area contributed by atoms with Crippen molar-refractivity contribution in [2.45, 2.75) is 30.1 Å². The first-order valence-corrected chi connectivity index (χ1v) is 10.9. The standard InChI is InChI=1S/C21H22F3N5S/c1-29-18(14-4-3-5-15(12-14)21(22,23)24)17(16-8-11-26-20(27-16)30-2)28-19(29)13-6-9-25-10-7-13/h3-5,8,11-13,25H,6-7,9-10H2,1-2H3. The monoisotopic (exact) mass is 433 g/mol. The minimum absolute atomic E-state index is 0.247. The highest BCUT2D eigenvalue weighted by Crippen LogP contribution is 2.38. The molecule has 0 saturated carbocycles. The zero-order chi connectivity index (χ0) is 21.3. The van der Waals surface area contributed by atoms with Gasteiger partial charge in [0.05, 0.1) is 17.0 Å². The van der Waals surface area contributed by atoms with Crippen molar-refractivity contribution in [3.63, 3.8) is 0 Å². The van der Waals surface area contributed by atoms with Gasteiger partial charge in [-0.05, 0) is 50.4 Å². The van der Waals surface area contributed by atoms with Crippen molar-refractivity contribution in [2.24, 2.45) is 7.05 Å². The van der Waals surface area contributed by atoms with E-state index < -0.39 is 11.7 Å². The quantitative estimate of drug-likeness (QED) is 0.475. The molecule has 1 aromatic carbocycles. The van der Waals surface area contributed by atoms with Crippen LogP contribution in [0.25, 0.3) is 22.6 Å². The van der Waals surface area contributed by atoms with E-state index >= 15 is 0 Å². The van der Waals surface area contributed by atoms with Gasteiger partial charge in [0.15, 0.2) is 5.16 Å². The number of alkyl halides is 3. The Labute approximate surface area is 177 Å². The smallest absolute Gasteiger partial charge is 0.330 e. The van der Waals surface area contributed by atoms with Crippen LogP contribution >= 0.6 is 11.8 Å². The lowest BCUT2D eigenvalue weighted by atomic mass is 9.97. The Morgan fingerprint density at radius 2 is 1.90 bits per heavy atom. The summed E-state index contributed by atoms with van der Waals surface area (Å²) >= 11 is 1.41. The Morgan fingerprint density at radius 3 is 2.60 bits per heavy atom. The van der Waals surface area contributed by atoms with E-state index in [0.29, 0.717) is 27.8 Å². The second-order valence-corrected chi connectivity index (χ2v) is 8.03. The number of nitrogens with one attached hydrogen (secondary N) is 1. The summed E-state index contributed by atoms with van der Waals surface area (Å²) < 4.78 is 42.0. The van der Waals surface area contributed by atoms with Crippen LogP contribution in [-0.4, -0.2) is 38.9 Å². The van der Waals surface area contributed by atoms with Crippen molar-refractivity contribution in [1.82, 2.24) is 24.8 Å². The third kappa shape index (κ3) is 4.09. The SMILES string of the molecule is CSc1nccc(-c2nc(C3CCNCC3)n(C)c2-c2cccc(C(F)(F)F)c2)n1. The normalized spacial score (nSPS) is 15.5. The summed E-state index contributed by atoms with van der Waals surface area (Å²) in [5.41, 5.74) is 1.63. The van der Waals surface area contributed by atoms with Crippen LogP contribution in [0.15, 0.2) is 41.7 Å². The Morgan fingerprint density at radius 1 is 1.13 bits per heavy atom. The van der Waals surface area contributed by atoms with Crippen molar-refractivity contribution in [2.75, 3.05) is 19.3 Å². The van der Waals surface area contributed by atoms with Gasteiger partial charge in [-0.15, -0.1) is 0 Å². The summed E-state index contributed by atoms with van der Waals surface area (Å²) in [6.07, 6.45) is 1.00. The van der Waals surface area contributed by atoms with E-state index in [4.69, 9.17) is 4.98 Å². The number of rotatable bonds is 4. The van der Waals surface area contributed by atoms with Crippen molar-refractivity contribution in [3.8, 4) is 22.6 Å². The number of hydrogen-bond acceptors (Lipinski definition) is 5. The number of piperidine rings is 1. The van der Waals surface area contributed by atoms with Gasteiger partial charge in [0.2, 0.25) is 0 Å². The highest BCUT2D eigenvalue weighted by atomic mass is 32.2. The molecule has 1 N–H and O–H groups in total. The maximum atomic E-state index is 13.3. The number of halogens is 3. The predicted octanol–water partition coefficient (Wildman–Crippen LogP) is 4.75. The molecule has 9 heteroatoms. The van der Waals surface area contributed by atoms with Gasteiger partial charge in [0.25, 0.3) is 0 Å². The molecule has 0 unspecified atom stereocenters. The van der Waals surface area contributed by atoms with Gasteiger partial charge in [0.1, 0.15) is 11.5 Å². The Hall–Kier alpha value is -2.39. The lowest BCUT2D eigenvalue weighted by molar-refractivity contribution is -0.137. The van der Waals surface area contributed by atoms with E-state index in [0.717, 1.165) is 37.8 Å². The van der Waals surface area contributed by atoms with Crippen molar-refractivity contribution in [1.29, 1.82) is 0 Å². The molecule has 2 aromatic heterocycles. The maximum Gasteiger partial charge on any atom is 0.416 e. The Bertz CT molecular complexity index is 1040. The summed E-state index contributed by atoms with van der Waals surface area (Å²) in [6, 6.07) is 7.16. The van der Waals surface area contributed by atoms with Gasteiger partial charge in [-0.2, -0.15) is 13.2 Å². The molecule has 0 bridgehead atoms. The van der Waals surface area contributed by atoms with Gasteiger partial charge in [-0.25, -0.2) is 15.0 Å². The molecule has 1 aliphatic rings. The van der Waals surface area contributed by atoms with E-state index in [2.05, 4.69) is 15.3 Å². The molecule has 0 atom stereocenters. The maximum absolute atomic E-state index is 13.3. The number of nitrogens with zero attached hydrogens (tertiary/aromatic N) is 4. The fraction of sp³-hybridized carbons (Fsp3) is 0.381. The lowest BCUT2D eigenvalue weighted by Crippen LogP contribution is -2.27. The predicted molar refractivity (Wildman–Crippen MR) is 111 cm³/mol. The molecule has 3 aromatic rings. The summed E-state index contributed by atoms with van der Waals surface area (Å²) in [5, 5.41) is 3.94. The molecule has 1 aliphatic heterocycles. The second-order valence-electron chi connectivity index (χ2n) is 7.26. The molecule has 0 spiro atoms. The van der Waals surface area contributed by atoms with Crippen LogP contribution in [-0.2, 0) is 13.2 Å². The molecule has 0 amide bonds. The average molecular weight is 434 g/mol. The van der Waals surface area contributed by atoms with Gasteiger partial charge in [-0.3, -0.25) is 0 Å². The number of hydrogen-bond donors (Lipinski definition) is 1. The van der Waals surface area contributed by atoms with Crippen LogP contribution in [0.4, 0.5) is 13.2 Å². The van der Waals surface area contributed by atoms with Gasteiger partial charge >= 0.3 is 6.18 Å². The van der Waals surface area contributed by atoms with Crippen molar-refractivity contribution >= 4 is 11.8 Å². The summed E-state index contributed by atoms with van der Waals surface area (Å²) in [7, 11) is 1.88. The van der Waals surface area contributed by atoms with E-state index in [1.165, 1.54) is 23.9 Å². The number of thioether (sulfide) groups is 1. The van der Waals surface area contributed by atoms with Gasteiger partial charge in [0, 0.05) is 24.7 Å². The first-order valence-electron chi connectivity index (χ1n) is 9.71. The van der Waals surface area contributed by atoms with Crippen molar-refractivity contribution < 1.29 is 13.2 Å². The highest BCUT2D eigenvalue weighted by molar-refractivity contribution is 7.98. The fourth-order valence-electron chi connectivity index (χ4n) is 3.88. The topological polar surface area (TPSA) is 55.6 Å². The zero-order valence-electron chi connectivity index (χ0n) is 16.7. The van der Waals surface area contributed by atoms with Crippen LogP contribution in [0.2, 0.25) is 0 Å². The molecule has 1 saturated heterocycles. The van der Waals surface area contributed by atoms with Crippen LogP contribution in [0, 0.1) is 0 Å². The molecule has 0 radical (unpaired) electrons. The van der Waals surface area contributed by atoms with E-state index in [9.17, 15) is 13.2 Å². The lowest BCUT2D eigenvalue weighted by Gasteiger charge is -2.22. The molecule has 30 heavy (non-hydrogen) atoms.